The monoisotopic (exact) mass is 356 g/mol. The first-order valence-corrected chi connectivity index (χ1v) is 8.19. The molecule has 0 bridgehead atoms. The number of esters is 1. The molecule has 0 spiro atoms. The van der Waals surface area contributed by atoms with E-state index in [1.807, 2.05) is 20.8 Å². The van der Waals surface area contributed by atoms with Crippen LogP contribution in [0.2, 0.25) is 0 Å². The zero-order valence-electron chi connectivity index (χ0n) is 15.2. The average Bonchev–Trinajstić information content (AvgIpc) is 3.13. The Morgan fingerprint density at radius 1 is 0.885 bits per heavy atom. The number of ether oxygens (including phenoxy) is 2. The summed E-state index contributed by atoms with van der Waals surface area (Å²) in [6.07, 6.45) is 0. The predicted octanol–water partition coefficient (Wildman–Crippen LogP) is 3.83. The Kier molecular flexibility index (Phi) is 5.06. The van der Waals surface area contributed by atoms with Crippen molar-refractivity contribution in [1.82, 2.24) is 10.3 Å². The smallest absolute Gasteiger partial charge is 0.338 e. The molecule has 136 valence electrons. The van der Waals surface area contributed by atoms with Crippen molar-refractivity contribution in [3.63, 3.8) is 0 Å². The first-order valence-electron chi connectivity index (χ1n) is 8.19. The van der Waals surface area contributed by atoms with Gasteiger partial charge in [0.1, 0.15) is 30.5 Å². The highest BCUT2D eigenvalue weighted by molar-refractivity contribution is 5.89. The van der Waals surface area contributed by atoms with Crippen molar-refractivity contribution < 1.29 is 23.3 Å². The number of aromatic nitrogens is 2. The van der Waals surface area contributed by atoms with E-state index in [4.69, 9.17) is 18.5 Å². The molecule has 0 radical (unpaired) electrons. The number of nitrogens with zero attached hydrogens (tertiary/aromatic N) is 2. The fourth-order valence-electron chi connectivity index (χ4n) is 2.48. The van der Waals surface area contributed by atoms with Gasteiger partial charge in [-0.2, -0.15) is 0 Å². The molecule has 0 aliphatic rings. The molecule has 0 N–H and O–H groups in total. The molecule has 3 rings (SSSR count). The SMILES string of the molecule is Cc1noc(C)c1COC(=O)c1ccc(OCc2c(C)noc2C)cc1. The average molecular weight is 356 g/mol. The molecular formula is C19H20N2O5. The Balaban J connectivity index is 1.57. The number of carbonyl (C=O) groups excluding carboxylic acids is 1. The van der Waals surface area contributed by atoms with Crippen molar-refractivity contribution in [3.8, 4) is 5.75 Å². The van der Waals surface area contributed by atoms with Crippen molar-refractivity contribution in [2.75, 3.05) is 0 Å². The van der Waals surface area contributed by atoms with E-state index < -0.39 is 5.97 Å². The van der Waals surface area contributed by atoms with E-state index in [9.17, 15) is 4.79 Å². The first kappa shape index (κ1) is 17.7. The van der Waals surface area contributed by atoms with Gasteiger partial charge in [0, 0.05) is 0 Å². The summed E-state index contributed by atoms with van der Waals surface area (Å²) in [5.74, 6) is 1.62. The lowest BCUT2D eigenvalue weighted by molar-refractivity contribution is 0.0471. The summed E-state index contributed by atoms with van der Waals surface area (Å²) in [5, 5.41) is 7.73. The molecule has 0 aliphatic heterocycles. The van der Waals surface area contributed by atoms with E-state index in [-0.39, 0.29) is 6.61 Å². The molecular weight excluding hydrogens is 336 g/mol. The van der Waals surface area contributed by atoms with Crippen molar-refractivity contribution in [1.29, 1.82) is 0 Å². The molecule has 2 aromatic heterocycles. The van der Waals surface area contributed by atoms with Gasteiger partial charge in [0.2, 0.25) is 0 Å². The number of carbonyl (C=O) groups is 1. The second-order valence-electron chi connectivity index (χ2n) is 5.99. The Labute approximate surface area is 150 Å². The van der Waals surface area contributed by atoms with Crippen molar-refractivity contribution in [3.05, 3.63) is 63.9 Å². The molecule has 3 aromatic rings. The van der Waals surface area contributed by atoms with Gasteiger partial charge in [-0.25, -0.2) is 4.79 Å². The molecule has 1 aromatic carbocycles. The van der Waals surface area contributed by atoms with E-state index >= 15 is 0 Å². The summed E-state index contributed by atoms with van der Waals surface area (Å²) in [6.45, 7) is 7.80. The normalized spacial score (nSPS) is 10.8. The molecule has 0 amide bonds. The number of aryl methyl sites for hydroxylation is 4. The molecule has 7 heteroatoms. The minimum atomic E-state index is -0.415. The summed E-state index contributed by atoms with van der Waals surface area (Å²) >= 11 is 0. The van der Waals surface area contributed by atoms with Gasteiger partial charge >= 0.3 is 5.97 Å². The standard InChI is InChI=1S/C19H20N2O5/c1-11-17(13(3)25-20-11)9-23-16-7-5-15(6-8-16)19(22)24-10-18-12(2)21-26-14(18)4/h5-8H,9-10H2,1-4H3. The van der Waals surface area contributed by atoms with Gasteiger partial charge in [0.05, 0.1) is 28.1 Å². The van der Waals surface area contributed by atoms with Crippen LogP contribution in [0.25, 0.3) is 0 Å². The lowest BCUT2D eigenvalue weighted by Gasteiger charge is -2.07. The van der Waals surface area contributed by atoms with E-state index in [1.54, 1.807) is 31.2 Å². The van der Waals surface area contributed by atoms with Crippen LogP contribution in [0.1, 0.15) is 44.4 Å². The molecule has 0 atom stereocenters. The third kappa shape index (κ3) is 3.77. The maximum Gasteiger partial charge on any atom is 0.338 e. The van der Waals surface area contributed by atoms with E-state index in [1.165, 1.54) is 0 Å². The van der Waals surface area contributed by atoms with Crippen LogP contribution in [0.4, 0.5) is 0 Å². The maximum absolute atomic E-state index is 12.2. The van der Waals surface area contributed by atoms with Gasteiger partial charge in [-0.05, 0) is 52.0 Å². The third-order valence-electron chi connectivity index (χ3n) is 4.18. The van der Waals surface area contributed by atoms with Gasteiger partial charge in [0.25, 0.3) is 0 Å². The third-order valence-corrected chi connectivity index (χ3v) is 4.18. The highest BCUT2D eigenvalue weighted by Gasteiger charge is 2.14. The van der Waals surface area contributed by atoms with Gasteiger partial charge < -0.3 is 18.5 Å². The van der Waals surface area contributed by atoms with Crippen molar-refractivity contribution in [2.24, 2.45) is 0 Å². The molecule has 7 nitrogen and oxygen atoms in total. The molecule has 0 aliphatic carbocycles. The van der Waals surface area contributed by atoms with Crippen molar-refractivity contribution in [2.45, 2.75) is 40.9 Å². The second-order valence-corrected chi connectivity index (χ2v) is 5.99. The number of hydrogen-bond acceptors (Lipinski definition) is 7. The summed E-state index contributed by atoms with van der Waals surface area (Å²) in [6, 6.07) is 6.78. The summed E-state index contributed by atoms with van der Waals surface area (Å²) < 4.78 is 21.2. The lowest BCUT2D eigenvalue weighted by atomic mass is 10.2. The molecule has 0 unspecified atom stereocenters. The zero-order valence-corrected chi connectivity index (χ0v) is 15.2. The summed E-state index contributed by atoms with van der Waals surface area (Å²) in [5.41, 5.74) is 3.69. The molecule has 0 fully saturated rings. The van der Waals surface area contributed by atoms with Gasteiger partial charge in [0.15, 0.2) is 0 Å². The highest BCUT2D eigenvalue weighted by atomic mass is 16.5. The Morgan fingerprint density at radius 2 is 1.42 bits per heavy atom. The topological polar surface area (TPSA) is 87.6 Å². The minimum absolute atomic E-state index is 0.129. The number of benzene rings is 1. The van der Waals surface area contributed by atoms with E-state index in [2.05, 4.69) is 10.3 Å². The molecule has 26 heavy (non-hydrogen) atoms. The van der Waals surface area contributed by atoms with E-state index in [0.717, 1.165) is 28.3 Å². The Morgan fingerprint density at radius 3 is 1.92 bits per heavy atom. The van der Waals surface area contributed by atoms with Crippen LogP contribution in [0, 0.1) is 27.7 Å². The van der Waals surface area contributed by atoms with Crippen LogP contribution in [0.15, 0.2) is 33.3 Å². The molecule has 2 heterocycles. The largest absolute Gasteiger partial charge is 0.489 e. The van der Waals surface area contributed by atoms with Gasteiger partial charge in [-0.15, -0.1) is 0 Å². The Bertz CT molecular complexity index is 870. The van der Waals surface area contributed by atoms with Gasteiger partial charge in [-0.3, -0.25) is 0 Å². The van der Waals surface area contributed by atoms with Crippen LogP contribution in [0.5, 0.6) is 5.75 Å². The lowest BCUT2D eigenvalue weighted by Crippen LogP contribution is -2.06. The fourth-order valence-corrected chi connectivity index (χ4v) is 2.48. The second kappa shape index (κ2) is 7.43. The highest BCUT2D eigenvalue weighted by Crippen LogP contribution is 2.19. The molecule has 0 saturated heterocycles. The summed E-state index contributed by atoms with van der Waals surface area (Å²) in [7, 11) is 0. The maximum atomic E-state index is 12.2. The summed E-state index contributed by atoms with van der Waals surface area (Å²) in [4.78, 5) is 12.2. The first-order chi connectivity index (χ1) is 12.5. The minimum Gasteiger partial charge on any atom is -0.489 e. The van der Waals surface area contributed by atoms with Gasteiger partial charge in [-0.1, -0.05) is 10.3 Å². The van der Waals surface area contributed by atoms with Crippen LogP contribution in [-0.4, -0.2) is 16.3 Å². The van der Waals surface area contributed by atoms with Crippen LogP contribution in [-0.2, 0) is 18.0 Å². The Hall–Kier alpha value is -3.09. The zero-order chi connectivity index (χ0) is 18.7. The van der Waals surface area contributed by atoms with Crippen LogP contribution < -0.4 is 4.74 Å². The number of hydrogen-bond donors (Lipinski definition) is 0. The molecule has 0 saturated carbocycles. The fraction of sp³-hybridized carbons (Fsp3) is 0.316. The quantitative estimate of drug-likeness (QED) is 0.620. The predicted molar refractivity (Wildman–Crippen MR) is 91.8 cm³/mol. The van der Waals surface area contributed by atoms with Crippen LogP contribution in [0.3, 0.4) is 0 Å². The van der Waals surface area contributed by atoms with E-state index in [0.29, 0.717) is 23.7 Å². The number of rotatable bonds is 6. The van der Waals surface area contributed by atoms with Crippen LogP contribution >= 0.6 is 0 Å². The van der Waals surface area contributed by atoms with Crippen molar-refractivity contribution >= 4 is 5.97 Å².